The molecule has 0 aliphatic heterocycles. The maximum Gasteiger partial charge on any atom is 1.00 e. The number of nitrogens with one attached hydrogen (secondary N) is 1. The van der Waals surface area contributed by atoms with Crippen molar-refractivity contribution in [1.29, 1.82) is 0 Å². The third-order valence-electron chi connectivity index (χ3n) is 1.27. The largest absolute Gasteiger partial charge is 1.00 e. The van der Waals surface area contributed by atoms with Crippen molar-refractivity contribution in [2.75, 3.05) is 18.9 Å². The normalized spacial score (nSPS) is 9.89. The third-order valence-corrected chi connectivity index (χ3v) is 2.81. The van der Waals surface area contributed by atoms with E-state index in [0.717, 1.165) is 0 Å². The Morgan fingerprint density at radius 3 is 1.63 bits per heavy atom. The fraction of sp³-hybridized carbons (Fsp3) is 0.800. The summed E-state index contributed by atoms with van der Waals surface area (Å²) in [5, 5.41) is 2.00. The molecule has 0 rings (SSSR count). The van der Waals surface area contributed by atoms with Crippen molar-refractivity contribution in [3.63, 3.8) is 0 Å². The standard InChI is InChI=1S/C5H13NO7P2.4Na/c7-5(4-15(11,12)13)6-2-1-3-14(8,9)10;;;;/h1-4H2,(H,6,7)(H2,8,9,10)(H2,11,12,13);;;;/q;4*+1/p-4. The molecule has 1 amide bonds. The summed E-state index contributed by atoms with van der Waals surface area (Å²) in [7, 11) is -9.49. The van der Waals surface area contributed by atoms with Crippen LogP contribution in [0.15, 0.2) is 0 Å². The summed E-state index contributed by atoms with van der Waals surface area (Å²) in [5.41, 5.74) is 0. The second-order valence-electron chi connectivity index (χ2n) is 2.81. The third kappa shape index (κ3) is 30.3. The first kappa shape index (κ1) is 34.2. The van der Waals surface area contributed by atoms with Crippen LogP contribution in [0, 0.1) is 0 Å². The summed E-state index contributed by atoms with van der Waals surface area (Å²) in [4.78, 5) is 51.1. The molecular formula is C5H9NNa4O7P2. The van der Waals surface area contributed by atoms with Crippen LogP contribution in [0.5, 0.6) is 0 Å². The van der Waals surface area contributed by atoms with Crippen molar-refractivity contribution in [3.8, 4) is 0 Å². The van der Waals surface area contributed by atoms with Gasteiger partial charge in [-0.15, -0.1) is 0 Å². The Morgan fingerprint density at radius 2 is 1.32 bits per heavy atom. The van der Waals surface area contributed by atoms with Crippen LogP contribution < -0.4 is 143 Å². The van der Waals surface area contributed by atoms with Crippen LogP contribution in [0.2, 0.25) is 0 Å². The first-order chi connectivity index (χ1) is 6.60. The minimum absolute atomic E-state index is 0. The molecule has 0 unspecified atom stereocenters. The minimum atomic E-state index is -4.89. The van der Waals surface area contributed by atoms with Gasteiger partial charge in [-0.3, -0.25) is 4.79 Å². The van der Waals surface area contributed by atoms with Crippen molar-refractivity contribution in [3.05, 3.63) is 0 Å². The van der Waals surface area contributed by atoms with Crippen LogP contribution in [0.4, 0.5) is 0 Å². The van der Waals surface area contributed by atoms with Gasteiger partial charge < -0.3 is 34.0 Å². The van der Waals surface area contributed by atoms with Gasteiger partial charge in [0.1, 0.15) is 0 Å². The van der Waals surface area contributed by atoms with Crippen LogP contribution in [0.25, 0.3) is 0 Å². The molecule has 8 nitrogen and oxygen atoms in total. The first-order valence-corrected chi connectivity index (χ1v) is 7.34. The predicted octanol–water partition coefficient (Wildman–Crippen LogP) is -15.7. The molecule has 1 N–H and O–H groups in total. The van der Waals surface area contributed by atoms with Crippen molar-refractivity contribution in [1.82, 2.24) is 5.32 Å². The van der Waals surface area contributed by atoms with E-state index >= 15 is 0 Å². The first-order valence-electron chi connectivity index (χ1n) is 3.89. The molecule has 90 valence electrons. The number of hydrogen-bond donors (Lipinski definition) is 1. The molecule has 0 aliphatic rings. The molecule has 0 bridgehead atoms. The number of hydrogen-bond acceptors (Lipinski definition) is 7. The van der Waals surface area contributed by atoms with Gasteiger partial charge in [0, 0.05) is 6.54 Å². The van der Waals surface area contributed by atoms with Gasteiger partial charge >= 0.3 is 118 Å². The van der Waals surface area contributed by atoms with E-state index in [2.05, 4.69) is 0 Å². The number of carbonyl (C=O) groups is 1. The Kier molecular flexibility index (Phi) is 29.9. The molecule has 0 heterocycles. The average Bonchev–Trinajstić information content (AvgIpc) is 1.92. The SMILES string of the molecule is O=C(CP(=O)([O-])[O-])NCCCP(=O)([O-])[O-].[Na+].[Na+].[Na+].[Na+]. The summed E-state index contributed by atoms with van der Waals surface area (Å²) < 4.78 is 20.2. The van der Waals surface area contributed by atoms with Crippen molar-refractivity contribution in [2.24, 2.45) is 0 Å². The number of amides is 1. The second-order valence-corrected chi connectivity index (χ2v) is 6.01. The van der Waals surface area contributed by atoms with E-state index in [1.165, 1.54) is 0 Å². The van der Waals surface area contributed by atoms with Crippen LogP contribution in [0.3, 0.4) is 0 Å². The molecule has 19 heavy (non-hydrogen) atoms. The van der Waals surface area contributed by atoms with Gasteiger partial charge in [0.2, 0.25) is 5.91 Å². The van der Waals surface area contributed by atoms with Crippen LogP contribution in [0.1, 0.15) is 6.42 Å². The van der Waals surface area contributed by atoms with E-state index in [0.29, 0.717) is 0 Å². The zero-order valence-corrected chi connectivity index (χ0v) is 21.4. The van der Waals surface area contributed by atoms with Gasteiger partial charge in [-0.1, -0.05) is 15.2 Å². The van der Waals surface area contributed by atoms with Crippen molar-refractivity contribution in [2.45, 2.75) is 6.42 Å². The molecule has 0 saturated heterocycles. The van der Waals surface area contributed by atoms with Gasteiger partial charge in [0.15, 0.2) is 0 Å². The topological polar surface area (TPSA) is 155 Å². The molecule has 0 aliphatic carbocycles. The summed E-state index contributed by atoms with van der Waals surface area (Å²) in [6.07, 6.45) is -1.91. The second kappa shape index (κ2) is 16.6. The smallest absolute Gasteiger partial charge is 0.811 e. The average molecular weight is 349 g/mol. The van der Waals surface area contributed by atoms with Crippen LogP contribution in [-0.2, 0) is 13.9 Å². The van der Waals surface area contributed by atoms with Gasteiger partial charge in [-0.25, -0.2) is 0 Å². The number of carbonyl (C=O) groups excluding carboxylic acids is 1. The van der Waals surface area contributed by atoms with E-state index in [1.54, 1.807) is 0 Å². The predicted molar refractivity (Wildman–Crippen MR) is 42.6 cm³/mol. The monoisotopic (exact) mass is 349 g/mol. The van der Waals surface area contributed by atoms with E-state index in [-0.39, 0.29) is 131 Å². The van der Waals surface area contributed by atoms with E-state index in [4.69, 9.17) is 0 Å². The molecule has 14 heteroatoms. The summed E-state index contributed by atoms with van der Waals surface area (Å²) in [6.45, 7) is -0.159. The molecule has 0 spiro atoms. The van der Waals surface area contributed by atoms with E-state index in [9.17, 15) is 33.5 Å². The number of rotatable bonds is 6. The summed E-state index contributed by atoms with van der Waals surface area (Å²) >= 11 is 0. The summed E-state index contributed by atoms with van der Waals surface area (Å²) in [5.74, 6) is -1.00. The molecule has 0 aromatic heterocycles. The van der Waals surface area contributed by atoms with Crippen LogP contribution >= 0.6 is 15.2 Å². The molecule has 0 radical (unpaired) electrons. The molecule has 0 fully saturated rings. The molecule has 0 saturated carbocycles. The fourth-order valence-corrected chi connectivity index (χ4v) is 1.74. The van der Waals surface area contributed by atoms with Crippen LogP contribution in [-0.4, -0.2) is 24.8 Å². The Hall–Kier alpha value is 3.77. The zero-order valence-electron chi connectivity index (χ0n) is 11.6. The quantitative estimate of drug-likeness (QED) is 0.283. The maximum absolute atomic E-state index is 10.7. The van der Waals surface area contributed by atoms with Gasteiger partial charge in [-0.05, 0) is 12.6 Å². The minimum Gasteiger partial charge on any atom is -0.811 e. The molecule has 0 aromatic rings. The zero-order chi connectivity index (χ0) is 12.1. The Bertz CT molecular complexity index is 319. The fourth-order valence-electron chi connectivity index (χ4n) is 0.732. The Labute approximate surface area is 200 Å². The molecule has 0 aromatic carbocycles. The molecular weight excluding hydrogens is 340 g/mol. The van der Waals surface area contributed by atoms with E-state index in [1.807, 2.05) is 5.32 Å². The Balaban J connectivity index is -0.000000163. The Morgan fingerprint density at radius 1 is 0.895 bits per heavy atom. The van der Waals surface area contributed by atoms with Crippen molar-refractivity contribution < 1.29 is 152 Å². The van der Waals surface area contributed by atoms with Gasteiger partial charge in [0.05, 0.1) is 6.16 Å². The van der Waals surface area contributed by atoms with Gasteiger partial charge in [0.25, 0.3) is 0 Å². The van der Waals surface area contributed by atoms with Gasteiger partial charge in [-0.2, -0.15) is 0 Å². The maximum atomic E-state index is 10.7. The van der Waals surface area contributed by atoms with Crippen molar-refractivity contribution >= 4 is 21.1 Å². The molecule has 0 atom stereocenters. The summed E-state index contributed by atoms with van der Waals surface area (Å²) in [6, 6.07) is 0. The van der Waals surface area contributed by atoms with E-state index < -0.39 is 33.4 Å².